The predicted molar refractivity (Wildman–Crippen MR) is 90.1 cm³/mol. The Hall–Kier alpha value is -2.30. The van der Waals surface area contributed by atoms with E-state index in [0.29, 0.717) is 35.9 Å². The fourth-order valence-corrected chi connectivity index (χ4v) is 2.93. The molecule has 0 saturated carbocycles. The first kappa shape index (κ1) is 15.6. The van der Waals surface area contributed by atoms with Gasteiger partial charge in [-0.3, -0.25) is 9.79 Å². The number of unbranched alkanes of at least 4 members (excludes halogenated alkanes) is 1. The number of nitrogens with zero attached hydrogens (tertiary/aromatic N) is 2. The third-order valence-corrected chi connectivity index (χ3v) is 4.21. The molecule has 0 aliphatic carbocycles. The highest BCUT2D eigenvalue weighted by molar-refractivity contribution is 6.03. The monoisotopic (exact) mass is 314 g/mol. The zero-order chi connectivity index (χ0) is 16.4. The van der Waals surface area contributed by atoms with Crippen LogP contribution in [0.25, 0.3) is 0 Å². The lowest BCUT2D eigenvalue weighted by Crippen LogP contribution is -2.35. The first-order valence-electron chi connectivity index (χ1n) is 8.00. The highest BCUT2D eigenvalue weighted by Crippen LogP contribution is 2.38. The second-order valence-electron chi connectivity index (χ2n) is 5.95. The quantitative estimate of drug-likeness (QED) is 0.618. The van der Waals surface area contributed by atoms with E-state index in [1.807, 2.05) is 11.1 Å². The molecule has 2 heterocycles. The number of benzene rings is 1. The number of aliphatic imine (C=N–C) groups is 1. The van der Waals surface area contributed by atoms with Gasteiger partial charge >= 0.3 is 0 Å². The number of rotatable bonds is 5. The minimum absolute atomic E-state index is 0.00199. The van der Waals surface area contributed by atoms with Gasteiger partial charge in [0.2, 0.25) is 0 Å². The molecule has 5 nitrogen and oxygen atoms in total. The van der Waals surface area contributed by atoms with Crippen molar-refractivity contribution >= 4 is 17.8 Å². The van der Waals surface area contributed by atoms with Crippen LogP contribution in [0.3, 0.4) is 0 Å². The van der Waals surface area contributed by atoms with Crippen molar-refractivity contribution in [3.05, 3.63) is 29.8 Å². The molecule has 1 fully saturated rings. The Morgan fingerprint density at radius 1 is 1.39 bits per heavy atom. The average molecular weight is 314 g/mol. The maximum atomic E-state index is 12.8. The third kappa shape index (κ3) is 2.96. The summed E-state index contributed by atoms with van der Waals surface area (Å²) in [4.78, 5) is 19.1. The lowest BCUT2D eigenvalue weighted by Gasteiger charge is -2.20. The SMILES string of the molecule is C=C1C[C@H]2C=Nc3cc(OCCCC)c(OC)cc3C(=O)N2C1. The normalized spacial score (nSPS) is 19.4. The first-order chi connectivity index (χ1) is 11.1. The minimum Gasteiger partial charge on any atom is -0.493 e. The van der Waals surface area contributed by atoms with E-state index in [9.17, 15) is 4.79 Å². The third-order valence-electron chi connectivity index (χ3n) is 4.21. The fraction of sp³-hybridized carbons (Fsp3) is 0.444. The smallest absolute Gasteiger partial charge is 0.257 e. The summed E-state index contributed by atoms with van der Waals surface area (Å²) in [5.74, 6) is 1.18. The molecule has 0 bridgehead atoms. The molecule has 1 saturated heterocycles. The van der Waals surface area contributed by atoms with Crippen molar-refractivity contribution in [1.82, 2.24) is 4.90 Å². The summed E-state index contributed by atoms with van der Waals surface area (Å²) < 4.78 is 11.2. The molecule has 1 aromatic carbocycles. The topological polar surface area (TPSA) is 51.1 Å². The van der Waals surface area contributed by atoms with Crippen molar-refractivity contribution in [3.8, 4) is 11.5 Å². The zero-order valence-electron chi connectivity index (χ0n) is 13.7. The van der Waals surface area contributed by atoms with Gasteiger partial charge in [-0.05, 0) is 18.9 Å². The summed E-state index contributed by atoms with van der Waals surface area (Å²) in [6.07, 6.45) is 4.65. The fourth-order valence-electron chi connectivity index (χ4n) is 2.93. The van der Waals surface area contributed by atoms with Crippen molar-refractivity contribution < 1.29 is 14.3 Å². The molecule has 0 spiro atoms. The van der Waals surface area contributed by atoms with E-state index in [2.05, 4.69) is 18.5 Å². The van der Waals surface area contributed by atoms with Crippen LogP contribution in [0.4, 0.5) is 5.69 Å². The molecule has 0 aromatic heterocycles. The van der Waals surface area contributed by atoms with Gasteiger partial charge in [-0.1, -0.05) is 25.5 Å². The number of fused-ring (bicyclic) bond motifs is 2. The summed E-state index contributed by atoms with van der Waals surface area (Å²) in [6, 6.07) is 3.53. The summed E-state index contributed by atoms with van der Waals surface area (Å²) in [5, 5.41) is 0. The maximum absolute atomic E-state index is 12.8. The van der Waals surface area contributed by atoms with Crippen molar-refractivity contribution in [3.63, 3.8) is 0 Å². The van der Waals surface area contributed by atoms with Gasteiger partial charge in [0, 0.05) is 18.8 Å². The molecule has 1 amide bonds. The Balaban J connectivity index is 1.95. The minimum atomic E-state index is -0.0282. The molecule has 3 rings (SSSR count). The number of hydrogen-bond donors (Lipinski definition) is 0. The van der Waals surface area contributed by atoms with Crippen LogP contribution in [0.5, 0.6) is 11.5 Å². The molecule has 2 aliphatic rings. The molecule has 23 heavy (non-hydrogen) atoms. The molecule has 1 aromatic rings. The van der Waals surface area contributed by atoms with Crippen LogP contribution in [-0.4, -0.2) is 43.3 Å². The predicted octanol–water partition coefficient (Wildman–Crippen LogP) is 3.36. The summed E-state index contributed by atoms with van der Waals surface area (Å²) >= 11 is 0. The molecule has 0 unspecified atom stereocenters. The molecular formula is C18H22N2O3. The van der Waals surface area contributed by atoms with Crippen LogP contribution in [-0.2, 0) is 0 Å². The molecular weight excluding hydrogens is 292 g/mol. The van der Waals surface area contributed by atoms with Crippen LogP contribution in [0, 0.1) is 0 Å². The highest BCUT2D eigenvalue weighted by atomic mass is 16.5. The standard InChI is InChI=1S/C18H22N2O3/c1-4-5-6-23-17-9-15-14(8-16(17)22-3)18(21)20-11-12(2)7-13(20)10-19-15/h8-10,13H,2,4-7,11H2,1,3H3/t13-/m0/s1. The van der Waals surface area contributed by atoms with Crippen LogP contribution >= 0.6 is 0 Å². The highest BCUT2D eigenvalue weighted by Gasteiger charge is 2.34. The Bertz CT molecular complexity index is 666. The van der Waals surface area contributed by atoms with Gasteiger partial charge < -0.3 is 14.4 Å². The average Bonchev–Trinajstić information content (AvgIpc) is 2.88. The van der Waals surface area contributed by atoms with E-state index in [-0.39, 0.29) is 11.9 Å². The van der Waals surface area contributed by atoms with E-state index in [4.69, 9.17) is 9.47 Å². The van der Waals surface area contributed by atoms with E-state index in [1.165, 1.54) is 0 Å². The van der Waals surface area contributed by atoms with E-state index in [1.54, 1.807) is 19.2 Å². The number of methoxy groups -OCH3 is 1. The largest absolute Gasteiger partial charge is 0.493 e. The van der Waals surface area contributed by atoms with Crippen molar-refractivity contribution in [2.24, 2.45) is 4.99 Å². The number of amides is 1. The van der Waals surface area contributed by atoms with Crippen molar-refractivity contribution in [1.29, 1.82) is 0 Å². The van der Waals surface area contributed by atoms with Crippen LogP contribution in [0.15, 0.2) is 29.3 Å². The van der Waals surface area contributed by atoms with Gasteiger partial charge in [0.25, 0.3) is 5.91 Å². The van der Waals surface area contributed by atoms with Crippen molar-refractivity contribution in [2.75, 3.05) is 20.3 Å². The first-order valence-corrected chi connectivity index (χ1v) is 8.00. The van der Waals surface area contributed by atoms with Crippen LogP contribution < -0.4 is 9.47 Å². The molecule has 2 aliphatic heterocycles. The number of carbonyl (C=O) groups is 1. The summed E-state index contributed by atoms with van der Waals surface area (Å²) in [6.45, 7) is 7.31. The van der Waals surface area contributed by atoms with E-state index in [0.717, 1.165) is 24.8 Å². The molecule has 0 N–H and O–H groups in total. The summed E-state index contributed by atoms with van der Waals surface area (Å²) in [7, 11) is 1.58. The van der Waals surface area contributed by atoms with Gasteiger partial charge in [-0.15, -0.1) is 0 Å². The Morgan fingerprint density at radius 2 is 2.22 bits per heavy atom. The number of ether oxygens (including phenoxy) is 2. The molecule has 1 atom stereocenters. The Labute approximate surface area is 136 Å². The second-order valence-corrected chi connectivity index (χ2v) is 5.95. The maximum Gasteiger partial charge on any atom is 0.257 e. The van der Waals surface area contributed by atoms with E-state index < -0.39 is 0 Å². The lowest BCUT2D eigenvalue weighted by molar-refractivity contribution is 0.0777. The second kappa shape index (κ2) is 6.44. The molecule has 122 valence electrons. The van der Waals surface area contributed by atoms with Crippen molar-refractivity contribution in [2.45, 2.75) is 32.2 Å². The number of carbonyl (C=O) groups excluding carboxylic acids is 1. The Kier molecular flexibility index (Phi) is 4.37. The Morgan fingerprint density at radius 3 is 2.96 bits per heavy atom. The van der Waals surface area contributed by atoms with Gasteiger partial charge in [0.1, 0.15) is 0 Å². The van der Waals surface area contributed by atoms with Gasteiger partial charge in [-0.2, -0.15) is 0 Å². The zero-order valence-corrected chi connectivity index (χ0v) is 13.7. The van der Waals surface area contributed by atoms with Gasteiger partial charge in [-0.25, -0.2) is 0 Å². The van der Waals surface area contributed by atoms with E-state index >= 15 is 0 Å². The summed E-state index contributed by atoms with van der Waals surface area (Å²) in [5.41, 5.74) is 2.25. The number of hydrogen-bond acceptors (Lipinski definition) is 4. The van der Waals surface area contributed by atoms with Gasteiger partial charge in [0.05, 0.1) is 31.0 Å². The molecule has 0 radical (unpaired) electrons. The lowest BCUT2D eigenvalue weighted by atomic mass is 10.1. The van der Waals surface area contributed by atoms with Crippen LogP contribution in [0.1, 0.15) is 36.5 Å². The van der Waals surface area contributed by atoms with Crippen LogP contribution in [0.2, 0.25) is 0 Å². The van der Waals surface area contributed by atoms with Gasteiger partial charge in [0.15, 0.2) is 11.5 Å². The molecule has 5 heteroatoms.